The molecular weight excluding hydrogens is 274 g/mol. The maximum atomic E-state index is 12.3. The van der Waals surface area contributed by atoms with Crippen LogP contribution < -0.4 is 5.32 Å². The molecule has 118 valence electrons. The molecule has 1 atom stereocenters. The van der Waals surface area contributed by atoms with E-state index >= 15 is 0 Å². The van der Waals surface area contributed by atoms with E-state index in [-0.39, 0.29) is 24.4 Å². The van der Waals surface area contributed by atoms with Gasteiger partial charge in [-0.15, -0.1) is 0 Å². The lowest BCUT2D eigenvalue weighted by molar-refractivity contribution is -0.137. The lowest BCUT2D eigenvalue weighted by atomic mass is 10.1. The van der Waals surface area contributed by atoms with Crippen LogP contribution in [0, 0.1) is 5.92 Å². The maximum absolute atomic E-state index is 12.3. The lowest BCUT2D eigenvalue weighted by Crippen LogP contribution is -2.47. The third-order valence-electron chi connectivity index (χ3n) is 4.12. The van der Waals surface area contributed by atoms with Crippen LogP contribution in [0.5, 0.6) is 0 Å². The zero-order valence-corrected chi connectivity index (χ0v) is 12.4. The summed E-state index contributed by atoms with van der Waals surface area (Å²) in [5, 5.41) is 11.8. The van der Waals surface area contributed by atoms with Crippen molar-refractivity contribution < 1.29 is 19.5 Å². The summed E-state index contributed by atoms with van der Waals surface area (Å²) in [4.78, 5) is 37.9. The molecule has 3 amide bonds. The number of urea groups is 1. The van der Waals surface area contributed by atoms with Crippen LogP contribution in [0.2, 0.25) is 0 Å². The van der Waals surface area contributed by atoms with Crippen LogP contribution in [0.1, 0.15) is 32.6 Å². The first-order valence-corrected chi connectivity index (χ1v) is 7.50. The van der Waals surface area contributed by atoms with Crippen LogP contribution >= 0.6 is 0 Å². The van der Waals surface area contributed by atoms with Gasteiger partial charge >= 0.3 is 12.0 Å². The molecule has 1 saturated carbocycles. The fourth-order valence-electron chi connectivity index (χ4n) is 2.71. The molecule has 0 spiro atoms. The Labute approximate surface area is 124 Å². The summed E-state index contributed by atoms with van der Waals surface area (Å²) >= 11 is 0. The van der Waals surface area contributed by atoms with Crippen LogP contribution in [0.4, 0.5) is 4.79 Å². The number of nitrogens with one attached hydrogen (secondary N) is 1. The molecule has 0 aromatic carbocycles. The largest absolute Gasteiger partial charge is 0.481 e. The van der Waals surface area contributed by atoms with Crippen LogP contribution in [-0.2, 0) is 9.59 Å². The van der Waals surface area contributed by atoms with E-state index in [2.05, 4.69) is 5.32 Å². The first kappa shape index (κ1) is 15.6. The second-order valence-electron chi connectivity index (χ2n) is 5.84. The molecule has 2 N–H and O–H groups in total. The van der Waals surface area contributed by atoms with Crippen LogP contribution in [0.25, 0.3) is 0 Å². The molecular formula is C14H23N3O4. The molecule has 1 aliphatic carbocycles. The first-order valence-electron chi connectivity index (χ1n) is 7.50. The normalized spacial score (nSPS) is 20.6. The number of aliphatic carboxylic acids is 1. The van der Waals surface area contributed by atoms with Gasteiger partial charge in [-0.05, 0) is 25.2 Å². The molecule has 21 heavy (non-hydrogen) atoms. The average molecular weight is 297 g/mol. The minimum absolute atomic E-state index is 0.0240. The summed E-state index contributed by atoms with van der Waals surface area (Å²) in [6.07, 6.45) is 2.69. The Balaban J connectivity index is 1.86. The Morgan fingerprint density at radius 3 is 2.33 bits per heavy atom. The van der Waals surface area contributed by atoms with Crippen LogP contribution in [0.15, 0.2) is 0 Å². The number of carboxylic acid groups (broad SMARTS) is 1. The highest BCUT2D eigenvalue weighted by molar-refractivity contribution is 5.76. The number of amides is 3. The Morgan fingerprint density at radius 2 is 1.76 bits per heavy atom. The fourth-order valence-corrected chi connectivity index (χ4v) is 2.71. The van der Waals surface area contributed by atoms with Crippen molar-refractivity contribution in [1.29, 1.82) is 0 Å². The molecule has 2 rings (SSSR count). The van der Waals surface area contributed by atoms with Crippen molar-refractivity contribution in [1.82, 2.24) is 15.1 Å². The molecule has 0 bridgehead atoms. The van der Waals surface area contributed by atoms with Gasteiger partial charge in [-0.1, -0.05) is 0 Å². The van der Waals surface area contributed by atoms with Crippen molar-refractivity contribution in [2.45, 2.75) is 38.6 Å². The summed E-state index contributed by atoms with van der Waals surface area (Å²) < 4.78 is 0. The van der Waals surface area contributed by atoms with Crippen molar-refractivity contribution in [3.8, 4) is 0 Å². The summed E-state index contributed by atoms with van der Waals surface area (Å²) in [6, 6.07) is -0.485. The van der Waals surface area contributed by atoms with Gasteiger partial charge in [0.25, 0.3) is 0 Å². The number of rotatable bonds is 4. The summed E-state index contributed by atoms with van der Waals surface area (Å²) in [5.74, 6) is -0.560. The van der Waals surface area contributed by atoms with Crippen LogP contribution in [-0.4, -0.2) is 65.0 Å². The second-order valence-corrected chi connectivity index (χ2v) is 5.84. The molecule has 2 aliphatic rings. The average Bonchev–Trinajstić information content (AvgIpc) is 3.23. The van der Waals surface area contributed by atoms with Gasteiger partial charge in [0.05, 0.1) is 6.42 Å². The summed E-state index contributed by atoms with van der Waals surface area (Å²) in [6.45, 7) is 3.83. The van der Waals surface area contributed by atoms with E-state index in [1.165, 1.54) is 6.92 Å². The first-order chi connectivity index (χ1) is 9.97. The van der Waals surface area contributed by atoms with Crippen molar-refractivity contribution in [2.24, 2.45) is 5.92 Å². The highest BCUT2D eigenvalue weighted by atomic mass is 16.4. The van der Waals surface area contributed by atoms with Gasteiger partial charge in [0.2, 0.25) is 5.91 Å². The number of carbonyl (C=O) groups excluding carboxylic acids is 2. The van der Waals surface area contributed by atoms with E-state index in [4.69, 9.17) is 5.11 Å². The standard InChI is InChI=1S/C14H23N3O4/c1-10(18)16-5-2-6-17(8-7-16)14(21)15-12(9-13(19)20)11-3-4-11/h11-12H,2-9H2,1H3,(H,15,21)(H,19,20). The molecule has 0 radical (unpaired) electrons. The molecule has 1 saturated heterocycles. The number of hydrogen-bond acceptors (Lipinski definition) is 3. The third kappa shape index (κ3) is 4.61. The summed E-state index contributed by atoms with van der Waals surface area (Å²) in [5.41, 5.74) is 0. The number of carbonyl (C=O) groups is 3. The fraction of sp³-hybridized carbons (Fsp3) is 0.786. The van der Waals surface area contributed by atoms with Crippen molar-refractivity contribution in [3.05, 3.63) is 0 Å². The minimum Gasteiger partial charge on any atom is -0.481 e. The van der Waals surface area contributed by atoms with Crippen LogP contribution in [0.3, 0.4) is 0 Å². The lowest BCUT2D eigenvalue weighted by Gasteiger charge is -2.25. The van der Waals surface area contributed by atoms with Gasteiger partial charge in [0.1, 0.15) is 0 Å². The SMILES string of the molecule is CC(=O)N1CCCN(C(=O)NC(CC(=O)O)C2CC2)CC1. The zero-order chi connectivity index (χ0) is 15.4. The highest BCUT2D eigenvalue weighted by Gasteiger charge is 2.34. The smallest absolute Gasteiger partial charge is 0.317 e. The number of hydrogen-bond donors (Lipinski definition) is 2. The van der Waals surface area contributed by atoms with E-state index < -0.39 is 5.97 Å². The zero-order valence-electron chi connectivity index (χ0n) is 12.4. The highest BCUT2D eigenvalue weighted by Crippen LogP contribution is 2.34. The summed E-state index contributed by atoms with van der Waals surface area (Å²) in [7, 11) is 0. The number of nitrogens with zero attached hydrogens (tertiary/aromatic N) is 2. The topological polar surface area (TPSA) is 90.0 Å². The van der Waals surface area contributed by atoms with Gasteiger partial charge < -0.3 is 20.2 Å². The van der Waals surface area contributed by atoms with Gasteiger partial charge in [-0.2, -0.15) is 0 Å². The van der Waals surface area contributed by atoms with Crippen molar-refractivity contribution >= 4 is 17.9 Å². The van der Waals surface area contributed by atoms with E-state index in [9.17, 15) is 14.4 Å². The molecule has 7 heteroatoms. The van der Waals surface area contributed by atoms with Crippen molar-refractivity contribution in [3.63, 3.8) is 0 Å². The Hall–Kier alpha value is -1.79. The Kier molecular flexibility index (Phi) is 5.03. The van der Waals surface area contributed by atoms with Gasteiger partial charge in [0.15, 0.2) is 0 Å². The van der Waals surface area contributed by atoms with E-state index in [0.717, 1.165) is 19.3 Å². The molecule has 1 unspecified atom stereocenters. The predicted octanol–water partition coefficient (Wildman–Crippen LogP) is 0.504. The predicted molar refractivity (Wildman–Crippen MR) is 75.7 cm³/mol. The molecule has 1 heterocycles. The van der Waals surface area contributed by atoms with E-state index in [0.29, 0.717) is 32.1 Å². The molecule has 1 aliphatic heterocycles. The van der Waals surface area contributed by atoms with Gasteiger partial charge in [0, 0.05) is 39.1 Å². The van der Waals surface area contributed by atoms with Gasteiger partial charge in [-0.3, -0.25) is 9.59 Å². The molecule has 0 aromatic heterocycles. The monoisotopic (exact) mass is 297 g/mol. The quantitative estimate of drug-likeness (QED) is 0.791. The van der Waals surface area contributed by atoms with Gasteiger partial charge in [-0.25, -0.2) is 4.79 Å². The molecule has 7 nitrogen and oxygen atoms in total. The molecule has 0 aromatic rings. The van der Waals surface area contributed by atoms with E-state index in [1.54, 1.807) is 9.80 Å². The third-order valence-corrected chi connectivity index (χ3v) is 4.12. The minimum atomic E-state index is -0.883. The number of carboxylic acids is 1. The Bertz CT molecular complexity index is 422. The Morgan fingerprint density at radius 1 is 1.14 bits per heavy atom. The molecule has 2 fully saturated rings. The van der Waals surface area contributed by atoms with Crippen molar-refractivity contribution in [2.75, 3.05) is 26.2 Å². The van der Waals surface area contributed by atoms with E-state index in [1.807, 2.05) is 0 Å². The second kappa shape index (κ2) is 6.78. The maximum Gasteiger partial charge on any atom is 0.317 e.